The summed E-state index contributed by atoms with van der Waals surface area (Å²) in [7, 11) is 4.60. The maximum Gasteiger partial charge on any atom is 0.302 e. The molecule has 0 heterocycles. The molecule has 4 aromatic carbocycles. The van der Waals surface area contributed by atoms with Gasteiger partial charge in [0.2, 0.25) is 0 Å². The number of methoxy groups -OCH3 is 2. The van der Waals surface area contributed by atoms with Gasteiger partial charge in [0.1, 0.15) is 0 Å². The molecule has 0 spiro atoms. The number of nitrogens with zero attached hydrogens (tertiary/aromatic N) is 1. The first kappa shape index (κ1) is 35.9. The number of ether oxygens (including phenoxy) is 2. The van der Waals surface area contributed by atoms with Gasteiger partial charge < -0.3 is 14.4 Å². The first-order valence-electron chi connectivity index (χ1n) is 13.7. The van der Waals surface area contributed by atoms with E-state index in [-0.39, 0.29) is 5.97 Å². The van der Waals surface area contributed by atoms with Crippen LogP contribution in [0.15, 0.2) is 127 Å². The number of para-hydroxylation sites is 2. The van der Waals surface area contributed by atoms with Gasteiger partial charge in [-0.05, 0) is 41.0 Å². The molecule has 0 radical (unpaired) electrons. The lowest BCUT2D eigenvalue weighted by atomic mass is 9.97. The Morgan fingerprint density at radius 1 is 0.600 bits per heavy atom. The van der Waals surface area contributed by atoms with Gasteiger partial charge in [0.15, 0.2) is 0 Å². The first-order valence-corrected chi connectivity index (χ1v) is 13.7. The van der Waals surface area contributed by atoms with Crippen molar-refractivity contribution in [2.75, 3.05) is 32.8 Å². The molecule has 40 heavy (non-hydrogen) atoms. The van der Waals surface area contributed by atoms with Gasteiger partial charge >= 0.3 is 5.97 Å². The van der Waals surface area contributed by atoms with Crippen molar-refractivity contribution in [2.24, 2.45) is 0 Å². The Labute approximate surface area is 242 Å². The summed E-state index contributed by atoms with van der Waals surface area (Å²) in [6, 6.07) is 42.3. The minimum atomic E-state index is -0.245. The lowest BCUT2D eigenvalue weighted by molar-refractivity contribution is -0.137. The van der Waals surface area contributed by atoms with Gasteiger partial charge in [0.05, 0.1) is 7.11 Å². The molecule has 4 aromatic rings. The van der Waals surface area contributed by atoms with Gasteiger partial charge in [-0.15, -0.1) is 0 Å². The van der Waals surface area contributed by atoms with Crippen LogP contribution in [-0.2, 0) is 14.3 Å². The maximum atomic E-state index is 9.59. The second kappa shape index (κ2) is 23.9. The molecule has 0 fully saturated rings. The Bertz CT molecular complexity index is 1060. The van der Waals surface area contributed by atoms with Crippen LogP contribution in [0.2, 0.25) is 0 Å². The number of esters is 1. The molecule has 0 saturated heterocycles. The molecule has 4 nitrogen and oxygen atoms in total. The van der Waals surface area contributed by atoms with Crippen LogP contribution in [0.25, 0.3) is 5.57 Å². The van der Waals surface area contributed by atoms with Gasteiger partial charge in [-0.25, -0.2) is 0 Å². The van der Waals surface area contributed by atoms with Crippen LogP contribution in [0.1, 0.15) is 45.7 Å². The smallest absolute Gasteiger partial charge is 0.302 e. The minimum absolute atomic E-state index is 0.245. The van der Waals surface area contributed by atoms with Crippen molar-refractivity contribution in [3.05, 3.63) is 139 Å². The van der Waals surface area contributed by atoms with E-state index in [1.54, 1.807) is 14.2 Å². The van der Waals surface area contributed by atoms with E-state index in [1.165, 1.54) is 42.1 Å². The highest BCUT2D eigenvalue weighted by Gasteiger charge is 2.10. The standard InChI is InChI=1S/C27H23N.C3H6O2.C2H6O.2C2H6/c1-5-13-23(14-6-1)27(24-15-7-2-8-16-24)21-22-28(25-17-9-3-10-18-25)26-19-11-4-12-20-26;1-3(4)5-2;1-3-2;2*1-2/h1-21H,22H2;1-2H3;1-2H3;2*1-2H3. The van der Waals surface area contributed by atoms with E-state index in [2.05, 4.69) is 142 Å². The van der Waals surface area contributed by atoms with E-state index < -0.39 is 0 Å². The fraction of sp³-hybridized carbons (Fsp3) is 0.250. The third kappa shape index (κ3) is 14.1. The maximum absolute atomic E-state index is 9.59. The second-order valence-corrected chi connectivity index (χ2v) is 7.74. The van der Waals surface area contributed by atoms with Crippen LogP contribution in [0.4, 0.5) is 11.4 Å². The van der Waals surface area contributed by atoms with Crippen molar-refractivity contribution in [2.45, 2.75) is 34.6 Å². The average molecular weight is 542 g/mol. The lowest BCUT2D eigenvalue weighted by Crippen LogP contribution is -2.17. The monoisotopic (exact) mass is 541 g/mol. The number of rotatable bonds is 6. The summed E-state index contributed by atoms with van der Waals surface area (Å²) in [5.74, 6) is -0.245. The molecule has 0 aliphatic rings. The normalized spacial score (nSPS) is 8.80. The highest BCUT2D eigenvalue weighted by Crippen LogP contribution is 2.28. The molecular weight excluding hydrogens is 494 g/mol. The highest BCUT2D eigenvalue weighted by atomic mass is 16.5. The van der Waals surface area contributed by atoms with Gasteiger partial charge in [0, 0.05) is 39.1 Å². The Morgan fingerprint density at radius 3 is 1.15 bits per heavy atom. The fourth-order valence-electron chi connectivity index (χ4n) is 3.40. The molecule has 0 amide bonds. The van der Waals surface area contributed by atoms with Crippen LogP contribution in [0.5, 0.6) is 0 Å². The zero-order valence-corrected chi connectivity index (χ0v) is 25.5. The summed E-state index contributed by atoms with van der Waals surface area (Å²) in [6.45, 7) is 10.1. The summed E-state index contributed by atoms with van der Waals surface area (Å²) in [5.41, 5.74) is 6.08. The second-order valence-electron chi connectivity index (χ2n) is 7.74. The van der Waals surface area contributed by atoms with E-state index in [1.807, 2.05) is 27.7 Å². The van der Waals surface area contributed by atoms with Crippen LogP contribution in [-0.4, -0.2) is 33.8 Å². The van der Waals surface area contributed by atoms with Gasteiger partial charge in [-0.1, -0.05) is 131 Å². The zero-order chi connectivity index (χ0) is 30.0. The van der Waals surface area contributed by atoms with Crippen molar-refractivity contribution in [1.82, 2.24) is 0 Å². The Kier molecular flexibility index (Phi) is 21.4. The predicted molar refractivity (Wildman–Crippen MR) is 173 cm³/mol. The number of hydrogen-bond donors (Lipinski definition) is 0. The summed E-state index contributed by atoms with van der Waals surface area (Å²) in [5, 5.41) is 0. The molecule has 0 unspecified atom stereocenters. The SMILES string of the molecule is C(CN(c1ccccc1)c1ccccc1)=C(c1ccccc1)c1ccccc1.CC.CC.COC.COC(C)=O. The van der Waals surface area contributed by atoms with Gasteiger partial charge in [-0.3, -0.25) is 4.79 Å². The average Bonchev–Trinajstić information content (AvgIpc) is 3.04. The summed E-state index contributed by atoms with van der Waals surface area (Å²) >= 11 is 0. The zero-order valence-electron chi connectivity index (χ0n) is 25.5. The molecule has 214 valence electrons. The third-order valence-corrected chi connectivity index (χ3v) is 5.07. The number of carbonyl (C=O) groups is 1. The van der Waals surface area contributed by atoms with E-state index in [9.17, 15) is 4.79 Å². The van der Waals surface area contributed by atoms with E-state index in [4.69, 9.17) is 0 Å². The molecule has 0 aromatic heterocycles. The number of anilines is 2. The molecule has 0 N–H and O–H groups in total. The largest absolute Gasteiger partial charge is 0.469 e. The van der Waals surface area contributed by atoms with Crippen molar-refractivity contribution in [3.63, 3.8) is 0 Å². The van der Waals surface area contributed by atoms with Gasteiger partial charge in [0.25, 0.3) is 0 Å². The molecule has 0 aliphatic heterocycles. The lowest BCUT2D eigenvalue weighted by Gasteiger charge is -2.24. The highest BCUT2D eigenvalue weighted by molar-refractivity contribution is 5.80. The Morgan fingerprint density at radius 2 is 0.875 bits per heavy atom. The predicted octanol–water partition coefficient (Wildman–Crippen LogP) is 9.45. The number of carbonyl (C=O) groups excluding carboxylic acids is 1. The van der Waals surface area contributed by atoms with Crippen LogP contribution >= 0.6 is 0 Å². The summed E-state index contributed by atoms with van der Waals surface area (Å²) < 4.78 is 8.36. The Balaban J connectivity index is 0.00000109. The molecule has 0 saturated carbocycles. The summed E-state index contributed by atoms with van der Waals surface area (Å²) in [6.07, 6.45) is 2.32. The van der Waals surface area contributed by atoms with Crippen molar-refractivity contribution < 1.29 is 14.3 Å². The van der Waals surface area contributed by atoms with Crippen LogP contribution in [0.3, 0.4) is 0 Å². The quantitative estimate of drug-likeness (QED) is 0.228. The topological polar surface area (TPSA) is 38.8 Å². The minimum Gasteiger partial charge on any atom is -0.469 e. The van der Waals surface area contributed by atoms with E-state index >= 15 is 0 Å². The first-order chi connectivity index (χ1) is 19.6. The van der Waals surface area contributed by atoms with E-state index in [0.717, 1.165) is 6.54 Å². The van der Waals surface area contributed by atoms with Crippen molar-refractivity contribution in [3.8, 4) is 0 Å². The van der Waals surface area contributed by atoms with Gasteiger partial charge in [-0.2, -0.15) is 0 Å². The molecule has 4 rings (SSSR count). The molecular formula is C36H47NO3. The number of hydrogen-bond acceptors (Lipinski definition) is 4. The number of benzene rings is 4. The van der Waals surface area contributed by atoms with Crippen LogP contribution < -0.4 is 4.90 Å². The third-order valence-electron chi connectivity index (χ3n) is 5.07. The molecule has 0 aliphatic carbocycles. The molecule has 0 bridgehead atoms. The van der Waals surface area contributed by atoms with E-state index in [0.29, 0.717) is 0 Å². The fourth-order valence-corrected chi connectivity index (χ4v) is 3.40. The molecule has 4 heteroatoms. The van der Waals surface area contributed by atoms with Crippen molar-refractivity contribution >= 4 is 22.9 Å². The Hall–Kier alpha value is -4.15. The van der Waals surface area contributed by atoms with Crippen LogP contribution in [0, 0.1) is 0 Å². The van der Waals surface area contributed by atoms with Crippen molar-refractivity contribution in [1.29, 1.82) is 0 Å². The summed E-state index contributed by atoms with van der Waals surface area (Å²) in [4.78, 5) is 11.9. The molecule has 0 atom stereocenters.